The number of hydrogen-bond acceptors (Lipinski definition) is 4. The Morgan fingerprint density at radius 2 is 1.80 bits per heavy atom. The van der Waals surface area contributed by atoms with E-state index in [-0.39, 0.29) is 30.1 Å². The molecule has 8 heteroatoms. The largest absolute Gasteiger partial charge is 0.450 e. The highest BCUT2D eigenvalue weighted by Crippen LogP contribution is 2.25. The van der Waals surface area contributed by atoms with E-state index in [1.165, 1.54) is 12.8 Å². The topological polar surface area (TPSA) is 60.4 Å². The van der Waals surface area contributed by atoms with Crippen LogP contribution in [0.1, 0.15) is 33.6 Å². The van der Waals surface area contributed by atoms with Crippen LogP contribution in [-0.2, 0) is 4.74 Å². The molecule has 1 amide bonds. The maximum atomic E-state index is 11.8. The van der Waals surface area contributed by atoms with E-state index in [1.807, 2.05) is 6.92 Å². The zero-order valence-corrected chi connectivity index (χ0v) is 18.2. The van der Waals surface area contributed by atoms with Crippen molar-refractivity contribution in [2.45, 2.75) is 39.7 Å². The summed E-state index contributed by atoms with van der Waals surface area (Å²) < 4.78 is 5.07. The van der Waals surface area contributed by atoms with Gasteiger partial charge in [0.15, 0.2) is 5.96 Å². The van der Waals surface area contributed by atoms with Gasteiger partial charge in [0, 0.05) is 45.3 Å². The summed E-state index contributed by atoms with van der Waals surface area (Å²) in [5.74, 6) is 0.966. The Kier molecular flexibility index (Phi) is 10.5. The average molecular weight is 467 g/mol. The van der Waals surface area contributed by atoms with Crippen molar-refractivity contribution in [2.24, 2.45) is 4.99 Å². The first-order chi connectivity index (χ1) is 11.7. The van der Waals surface area contributed by atoms with Crippen LogP contribution in [0.3, 0.4) is 0 Å². The number of guanidine groups is 1. The lowest BCUT2D eigenvalue weighted by molar-refractivity contribution is 0.0914. The number of carbonyl (C=O) groups is 1. The lowest BCUT2D eigenvalue weighted by atomic mass is 10.3. The minimum Gasteiger partial charge on any atom is -0.450 e. The molecule has 1 aliphatic heterocycles. The first-order valence-electron chi connectivity index (χ1n) is 9.38. The number of amides is 1. The van der Waals surface area contributed by atoms with E-state index in [9.17, 15) is 4.79 Å². The van der Waals surface area contributed by atoms with Crippen LogP contribution >= 0.6 is 24.0 Å². The summed E-state index contributed by atoms with van der Waals surface area (Å²) in [6.45, 7) is 13.4. The molecule has 0 aromatic carbocycles. The van der Waals surface area contributed by atoms with Gasteiger partial charge in [-0.1, -0.05) is 6.92 Å². The SMILES string of the molecule is CCNC(=NCCN(CC)C1CC1)N1CCN(C(=O)OCC)CC1.I. The van der Waals surface area contributed by atoms with Gasteiger partial charge in [0.25, 0.3) is 0 Å². The number of aliphatic imine (C=N–C) groups is 1. The number of halogens is 1. The molecule has 0 bridgehead atoms. The van der Waals surface area contributed by atoms with E-state index >= 15 is 0 Å². The van der Waals surface area contributed by atoms with Gasteiger partial charge in [-0.3, -0.25) is 9.89 Å². The molecule has 2 rings (SSSR count). The van der Waals surface area contributed by atoms with Gasteiger partial charge in [-0.15, -0.1) is 24.0 Å². The number of ether oxygens (including phenoxy) is 1. The van der Waals surface area contributed by atoms with Crippen LogP contribution in [0.15, 0.2) is 4.99 Å². The highest BCUT2D eigenvalue weighted by molar-refractivity contribution is 14.0. The maximum Gasteiger partial charge on any atom is 0.409 e. The number of rotatable bonds is 7. The molecule has 0 spiro atoms. The number of hydrogen-bond donors (Lipinski definition) is 1. The molecule has 1 N–H and O–H groups in total. The summed E-state index contributed by atoms with van der Waals surface area (Å²) in [4.78, 5) is 23.1. The van der Waals surface area contributed by atoms with Gasteiger partial charge < -0.3 is 19.9 Å². The van der Waals surface area contributed by atoms with E-state index in [4.69, 9.17) is 9.73 Å². The van der Waals surface area contributed by atoms with Crippen molar-refractivity contribution in [3.05, 3.63) is 0 Å². The van der Waals surface area contributed by atoms with E-state index in [0.29, 0.717) is 19.7 Å². The van der Waals surface area contributed by atoms with Crippen molar-refractivity contribution in [2.75, 3.05) is 59.0 Å². The summed E-state index contributed by atoms with van der Waals surface area (Å²) in [6, 6.07) is 0.793. The molecule has 0 unspecified atom stereocenters. The molecule has 0 aromatic rings. The minimum atomic E-state index is -0.206. The quantitative estimate of drug-likeness (QED) is 0.352. The van der Waals surface area contributed by atoms with Crippen LogP contribution in [0.2, 0.25) is 0 Å². The fourth-order valence-corrected chi connectivity index (χ4v) is 3.06. The smallest absolute Gasteiger partial charge is 0.409 e. The van der Waals surface area contributed by atoms with Crippen LogP contribution in [0, 0.1) is 0 Å². The van der Waals surface area contributed by atoms with Gasteiger partial charge in [0.2, 0.25) is 0 Å². The fourth-order valence-electron chi connectivity index (χ4n) is 3.06. The molecule has 2 fully saturated rings. The molecule has 146 valence electrons. The van der Waals surface area contributed by atoms with Crippen molar-refractivity contribution in [1.29, 1.82) is 0 Å². The van der Waals surface area contributed by atoms with Crippen molar-refractivity contribution in [1.82, 2.24) is 20.0 Å². The fraction of sp³-hybridized carbons (Fsp3) is 0.882. The Morgan fingerprint density at radius 3 is 2.32 bits per heavy atom. The summed E-state index contributed by atoms with van der Waals surface area (Å²) in [7, 11) is 0. The molecular formula is C17H34IN5O2. The predicted molar refractivity (Wildman–Crippen MR) is 112 cm³/mol. The molecule has 0 aromatic heterocycles. The number of piperazine rings is 1. The Bertz CT molecular complexity index is 423. The summed E-state index contributed by atoms with van der Waals surface area (Å²) in [5.41, 5.74) is 0. The molecule has 7 nitrogen and oxygen atoms in total. The average Bonchev–Trinajstić information content (AvgIpc) is 3.43. The van der Waals surface area contributed by atoms with Crippen molar-refractivity contribution >= 4 is 36.0 Å². The predicted octanol–water partition coefficient (Wildman–Crippen LogP) is 1.83. The van der Waals surface area contributed by atoms with Crippen molar-refractivity contribution in [3.63, 3.8) is 0 Å². The minimum absolute atomic E-state index is 0. The van der Waals surface area contributed by atoms with E-state index in [2.05, 4.69) is 29.0 Å². The third-order valence-corrected chi connectivity index (χ3v) is 4.56. The molecule has 1 saturated heterocycles. The molecule has 0 radical (unpaired) electrons. The Labute approximate surface area is 169 Å². The monoisotopic (exact) mass is 467 g/mol. The summed E-state index contributed by atoms with van der Waals surface area (Å²) >= 11 is 0. The van der Waals surface area contributed by atoms with Crippen LogP contribution in [0.4, 0.5) is 4.79 Å². The molecule has 25 heavy (non-hydrogen) atoms. The highest BCUT2D eigenvalue weighted by Gasteiger charge is 2.27. The molecule has 1 aliphatic carbocycles. The first kappa shape index (κ1) is 22.3. The summed E-state index contributed by atoms with van der Waals surface area (Å²) in [6.07, 6.45) is 2.48. The molecule has 2 aliphatic rings. The molecular weight excluding hydrogens is 433 g/mol. The Morgan fingerprint density at radius 1 is 1.16 bits per heavy atom. The lowest BCUT2D eigenvalue weighted by Crippen LogP contribution is -2.54. The zero-order valence-electron chi connectivity index (χ0n) is 15.9. The second kappa shape index (κ2) is 11.8. The van der Waals surface area contributed by atoms with Gasteiger partial charge in [-0.2, -0.15) is 0 Å². The second-order valence-corrected chi connectivity index (χ2v) is 6.27. The lowest BCUT2D eigenvalue weighted by Gasteiger charge is -2.36. The number of nitrogens with one attached hydrogen (secondary N) is 1. The molecule has 1 heterocycles. The van der Waals surface area contributed by atoms with Crippen LogP contribution in [-0.4, -0.2) is 91.8 Å². The Balaban J connectivity index is 0.00000312. The zero-order chi connectivity index (χ0) is 17.4. The second-order valence-electron chi connectivity index (χ2n) is 6.27. The third-order valence-electron chi connectivity index (χ3n) is 4.56. The first-order valence-corrected chi connectivity index (χ1v) is 9.38. The molecule has 1 saturated carbocycles. The van der Waals surface area contributed by atoms with Crippen molar-refractivity contribution in [3.8, 4) is 0 Å². The number of carbonyl (C=O) groups excluding carboxylic acids is 1. The highest BCUT2D eigenvalue weighted by atomic mass is 127. The van der Waals surface area contributed by atoms with Gasteiger partial charge in [0.05, 0.1) is 13.2 Å². The van der Waals surface area contributed by atoms with Gasteiger partial charge in [0.1, 0.15) is 0 Å². The summed E-state index contributed by atoms with van der Waals surface area (Å²) in [5, 5.41) is 3.38. The standard InChI is InChI=1S/C17H33N5O2.HI/c1-4-18-16(19-9-10-20(5-2)15-7-8-15)21-11-13-22(14-12-21)17(23)24-6-3;/h15H,4-14H2,1-3H3,(H,18,19);1H. The van der Waals surface area contributed by atoms with Crippen LogP contribution in [0.25, 0.3) is 0 Å². The van der Waals surface area contributed by atoms with Gasteiger partial charge in [-0.05, 0) is 33.2 Å². The van der Waals surface area contributed by atoms with E-state index in [1.54, 1.807) is 4.90 Å². The van der Waals surface area contributed by atoms with Crippen LogP contribution in [0.5, 0.6) is 0 Å². The Hall–Kier alpha value is -0.770. The number of likely N-dealkylation sites (N-methyl/N-ethyl adjacent to an activating group) is 1. The van der Waals surface area contributed by atoms with Gasteiger partial charge in [-0.25, -0.2) is 4.79 Å². The third kappa shape index (κ3) is 7.16. The van der Waals surface area contributed by atoms with Gasteiger partial charge >= 0.3 is 6.09 Å². The molecule has 0 atom stereocenters. The van der Waals surface area contributed by atoms with E-state index in [0.717, 1.165) is 51.3 Å². The maximum absolute atomic E-state index is 11.8. The van der Waals surface area contributed by atoms with Crippen LogP contribution < -0.4 is 5.32 Å². The normalized spacial score (nSPS) is 18.2. The van der Waals surface area contributed by atoms with Crippen molar-refractivity contribution < 1.29 is 9.53 Å². The number of nitrogens with zero attached hydrogens (tertiary/aromatic N) is 4. The van der Waals surface area contributed by atoms with E-state index < -0.39 is 0 Å².